The van der Waals surface area contributed by atoms with E-state index in [1.807, 2.05) is 19.1 Å². The van der Waals surface area contributed by atoms with Gasteiger partial charge in [0.15, 0.2) is 6.29 Å². The summed E-state index contributed by atoms with van der Waals surface area (Å²) < 4.78 is 11.1. The smallest absolute Gasteiger partial charge is 0.220 e. The van der Waals surface area contributed by atoms with Crippen LogP contribution in [0.2, 0.25) is 0 Å². The molecule has 9 nitrogen and oxygen atoms in total. The number of aliphatic hydroxyl groups is 5. The van der Waals surface area contributed by atoms with Crippen LogP contribution in [0.1, 0.15) is 168 Å². The van der Waals surface area contributed by atoms with Gasteiger partial charge in [-0.2, -0.15) is 0 Å². The molecule has 298 valence electrons. The lowest BCUT2D eigenvalue weighted by molar-refractivity contribution is -0.302. The topological polar surface area (TPSA) is 149 Å². The highest BCUT2D eigenvalue weighted by Gasteiger charge is 2.44. The number of carbonyl (C=O) groups excluding carboxylic acids is 1. The van der Waals surface area contributed by atoms with Crippen molar-refractivity contribution in [3.8, 4) is 0 Å². The zero-order valence-electron chi connectivity index (χ0n) is 32.4. The number of hydrogen-bond donors (Lipinski definition) is 6. The van der Waals surface area contributed by atoms with Crippen LogP contribution in [0.25, 0.3) is 0 Å². The molecule has 1 aliphatic rings. The molecule has 0 aromatic heterocycles. The van der Waals surface area contributed by atoms with Crippen molar-refractivity contribution in [2.24, 2.45) is 0 Å². The number of amides is 1. The van der Waals surface area contributed by atoms with E-state index >= 15 is 0 Å². The number of nitrogens with one attached hydrogen (secondary N) is 1. The fourth-order valence-corrected chi connectivity index (χ4v) is 6.43. The summed E-state index contributed by atoms with van der Waals surface area (Å²) in [6.45, 7) is 3.50. The van der Waals surface area contributed by atoms with Gasteiger partial charge in [-0.3, -0.25) is 4.79 Å². The van der Waals surface area contributed by atoms with Gasteiger partial charge in [0.2, 0.25) is 5.91 Å². The van der Waals surface area contributed by atoms with Crippen molar-refractivity contribution in [3.63, 3.8) is 0 Å². The summed E-state index contributed by atoms with van der Waals surface area (Å²) in [5.74, 6) is -0.194. The maximum Gasteiger partial charge on any atom is 0.220 e. The van der Waals surface area contributed by atoms with E-state index in [1.54, 1.807) is 6.08 Å². The van der Waals surface area contributed by atoms with E-state index < -0.39 is 49.5 Å². The Hall–Kier alpha value is -1.59. The Kier molecular flexibility index (Phi) is 30.7. The third-order valence-electron chi connectivity index (χ3n) is 9.79. The molecule has 0 saturated carbocycles. The van der Waals surface area contributed by atoms with E-state index in [9.17, 15) is 30.3 Å². The van der Waals surface area contributed by atoms with E-state index in [2.05, 4.69) is 30.5 Å². The number of allylic oxidation sites excluding steroid dienone is 5. The first-order chi connectivity index (χ1) is 24.8. The molecule has 7 atom stereocenters. The Morgan fingerprint density at radius 2 is 1.16 bits per heavy atom. The first-order valence-electron chi connectivity index (χ1n) is 20.7. The highest BCUT2D eigenvalue weighted by molar-refractivity contribution is 5.76. The van der Waals surface area contributed by atoms with Crippen LogP contribution in [0.3, 0.4) is 0 Å². The fraction of sp³-hybridized carbons (Fsp3) is 0.833. The van der Waals surface area contributed by atoms with Crippen LogP contribution in [-0.2, 0) is 14.3 Å². The molecule has 0 radical (unpaired) electrons. The van der Waals surface area contributed by atoms with Crippen LogP contribution in [-0.4, -0.2) is 87.5 Å². The van der Waals surface area contributed by atoms with Gasteiger partial charge >= 0.3 is 0 Å². The highest BCUT2D eigenvalue weighted by Crippen LogP contribution is 2.22. The third-order valence-corrected chi connectivity index (χ3v) is 9.79. The van der Waals surface area contributed by atoms with Gasteiger partial charge in [-0.1, -0.05) is 159 Å². The molecule has 0 spiro atoms. The molecule has 0 aromatic rings. The quantitative estimate of drug-likeness (QED) is 0.0298. The van der Waals surface area contributed by atoms with Crippen LogP contribution in [0.4, 0.5) is 0 Å². The lowest BCUT2D eigenvalue weighted by Crippen LogP contribution is -2.60. The van der Waals surface area contributed by atoms with E-state index in [0.29, 0.717) is 6.42 Å². The van der Waals surface area contributed by atoms with Crippen LogP contribution in [0, 0.1) is 0 Å². The second-order valence-corrected chi connectivity index (χ2v) is 14.4. The number of rotatable bonds is 33. The van der Waals surface area contributed by atoms with Gasteiger partial charge in [0.25, 0.3) is 0 Å². The predicted octanol–water partition coefficient (Wildman–Crippen LogP) is 7.72. The van der Waals surface area contributed by atoms with Crippen LogP contribution in [0.5, 0.6) is 0 Å². The number of hydrogen-bond acceptors (Lipinski definition) is 8. The normalized spacial score (nSPS) is 22.4. The summed E-state index contributed by atoms with van der Waals surface area (Å²) in [6.07, 6.45) is 32.2. The number of ether oxygens (including phenoxy) is 2. The van der Waals surface area contributed by atoms with Gasteiger partial charge in [0.1, 0.15) is 24.4 Å². The van der Waals surface area contributed by atoms with Crippen LogP contribution < -0.4 is 5.32 Å². The fourth-order valence-electron chi connectivity index (χ4n) is 6.43. The van der Waals surface area contributed by atoms with Gasteiger partial charge in [0, 0.05) is 6.42 Å². The molecule has 1 rings (SSSR count). The Bertz CT molecular complexity index is 894. The SMILES string of the molecule is C/C=C/CC/C=C/CC/C=C/C(O)C(COC1OC(CO)C(O)C(O)C1O)NC(=O)CCCCCCCCCCCCCCCCCCCCC. The number of carbonyl (C=O) groups is 1. The third kappa shape index (κ3) is 24.4. The number of unbranched alkanes of at least 4 members (excludes halogenated alkanes) is 20. The molecule has 1 saturated heterocycles. The lowest BCUT2D eigenvalue weighted by Gasteiger charge is -2.40. The monoisotopic (exact) mass is 724 g/mol. The van der Waals surface area contributed by atoms with E-state index in [-0.39, 0.29) is 12.5 Å². The predicted molar refractivity (Wildman–Crippen MR) is 207 cm³/mol. The molecule has 1 fully saturated rings. The van der Waals surface area contributed by atoms with Crippen molar-refractivity contribution in [3.05, 3.63) is 36.5 Å². The second-order valence-electron chi connectivity index (χ2n) is 14.4. The van der Waals surface area contributed by atoms with Gasteiger partial charge in [-0.25, -0.2) is 0 Å². The zero-order chi connectivity index (χ0) is 37.4. The standard InChI is InChI=1S/C42H77NO8/c1-3-5-7-9-11-13-14-15-16-17-18-19-20-21-22-24-26-28-30-32-38(46)43-35(36(45)31-29-27-25-23-12-10-8-6-4-2)34-50-42-41(49)40(48)39(47)37(33-44)51-42/h4,6,12,23,29,31,35-37,39-42,44-45,47-49H,3,5,7-11,13-22,24-28,30,32-34H2,1-2H3,(H,43,46)/b6-4+,23-12+,31-29+. The average molecular weight is 724 g/mol. The summed E-state index contributed by atoms with van der Waals surface area (Å²) in [4.78, 5) is 12.9. The van der Waals surface area contributed by atoms with Crippen molar-refractivity contribution in [2.75, 3.05) is 13.2 Å². The summed E-state index contributed by atoms with van der Waals surface area (Å²) in [7, 11) is 0. The Labute approximate surface area is 311 Å². The van der Waals surface area contributed by atoms with Crippen molar-refractivity contribution >= 4 is 5.91 Å². The lowest BCUT2D eigenvalue weighted by atomic mass is 9.99. The Morgan fingerprint density at radius 3 is 1.65 bits per heavy atom. The summed E-state index contributed by atoms with van der Waals surface area (Å²) in [5.41, 5.74) is 0. The van der Waals surface area contributed by atoms with Gasteiger partial charge in [-0.15, -0.1) is 0 Å². The van der Waals surface area contributed by atoms with Gasteiger partial charge in [0.05, 0.1) is 25.4 Å². The van der Waals surface area contributed by atoms with E-state index in [4.69, 9.17) is 9.47 Å². The maximum atomic E-state index is 12.9. The maximum absolute atomic E-state index is 12.9. The largest absolute Gasteiger partial charge is 0.394 e. The molecule has 6 N–H and O–H groups in total. The van der Waals surface area contributed by atoms with Crippen molar-refractivity contribution in [2.45, 2.75) is 211 Å². The molecule has 1 amide bonds. The van der Waals surface area contributed by atoms with Crippen molar-refractivity contribution in [1.29, 1.82) is 0 Å². The van der Waals surface area contributed by atoms with E-state index in [1.165, 1.54) is 103 Å². The van der Waals surface area contributed by atoms with Gasteiger partial charge < -0.3 is 40.3 Å². The molecular weight excluding hydrogens is 646 g/mol. The first-order valence-corrected chi connectivity index (χ1v) is 20.7. The molecule has 51 heavy (non-hydrogen) atoms. The molecule has 0 bridgehead atoms. The zero-order valence-corrected chi connectivity index (χ0v) is 32.4. The molecule has 1 heterocycles. The van der Waals surface area contributed by atoms with Crippen LogP contribution in [0.15, 0.2) is 36.5 Å². The molecule has 9 heteroatoms. The Morgan fingerprint density at radius 1 is 0.686 bits per heavy atom. The van der Waals surface area contributed by atoms with E-state index in [0.717, 1.165) is 44.9 Å². The molecule has 0 aromatic carbocycles. The molecule has 7 unspecified atom stereocenters. The van der Waals surface area contributed by atoms with Gasteiger partial charge in [-0.05, 0) is 39.0 Å². The first kappa shape index (κ1) is 47.4. The Balaban J connectivity index is 2.33. The highest BCUT2D eigenvalue weighted by atomic mass is 16.7. The molecular formula is C42H77NO8. The number of aliphatic hydroxyl groups excluding tert-OH is 5. The minimum Gasteiger partial charge on any atom is -0.394 e. The van der Waals surface area contributed by atoms with Crippen molar-refractivity contribution < 1.29 is 39.8 Å². The minimum atomic E-state index is -1.57. The summed E-state index contributed by atoms with van der Waals surface area (Å²) in [6, 6.07) is -0.821. The molecule has 1 aliphatic heterocycles. The molecule has 0 aliphatic carbocycles. The second kappa shape index (κ2) is 33.0. The summed E-state index contributed by atoms with van der Waals surface area (Å²) >= 11 is 0. The average Bonchev–Trinajstić information content (AvgIpc) is 3.13. The summed E-state index contributed by atoms with van der Waals surface area (Å²) in [5, 5.41) is 53.8. The van der Waals surface area contributed by atoms with Crippen molar-refractivity contribution in [1.82, 2.24) is 5.32 Å². The van der Waals surface area contributed by atoms with Crippen LogP contribution >= 0.6 is 0 Å². The minimum absolute atomic E-state index is 0.194.